The van der Waals surface area contributed by atoms with Gasteiger partial charge in [-0.15, -0.1) is 0 Å². The standard InChI is InChI=1S/C13H15BrFN3/c1-3-16-12(13-17-7-8-18(13)2)11-9(14)5-4-6-10(11)15/h4-8,12,16H,3H2,1-2H3. The van der Waals surface area contributed by atoms with Crippen molar-refractivity contribution in [3.63, 3.8) is 0 Å². The molecular formula is C13H15BrFN3. The molecule has 5 heteroatoms. The van der Waals surface area contributed by atoms with E-state index >= 15 is 0 Å². The van der Waals surface area contributed by atoms with E-state index < -0.39 is 0 Å². The molecule has 0 saturated heterocycles. The van der Waals surface area contributed by atoms with Crippen molar-refractivity contribution >= 4 is 15.9 Å². The van der Waals surface area contributed by atoms with Crippen LogP contribution >= 0.6 is 15.9 Å². The molecule has 0 aliphatic heterocycles. The molecule has 0 spiro atoms. The number of aryl methyl sites for hydroxylation is 1. The van der Waals surface area contributed by atoms with E-state index in [-0.39, 0.29) is 11.9 Å². The van der Waals surface area contributed by atoms with Gasteiger partial charge >= 0.3 is 0 Å². The molecule has 96 valence electrons. The highest BCUT2D eigenvalue weighted by Gasteiger charge is 2.22. The van der Waals surface area contributed by atoms with Gasteiger partial charge in [0, 0.05) is 29.5 Å². The molecule has 0 fully saturated rings. The summed E-state index contributed by atoms with van der Waals surface area (Å²) in [6, 6.07) is 4.73. The Kier molecular flexibility index (Phi) is 4.14. The minimum Gasteiger partial charge on any atom is -0.336 e. The van der Waals surface area contributed by atoms with Gasteiger partial charge < -0.3 is 9.88 Å². The van der Waals surface area contributed by atoms with E-state index in [9.17, 15) is 4.39 Å². The van der Waals surface area contributed by atoms with Crippen molar-refractivity contribution < 1.29 is 4.39 Å². The minimum absolute atomic E-state index is 0.238. The number of halogens is 2. The molecule has 2 aromatic rings. The van der Waals surface area contributed by atoms with Crippen LogP contribution in [0.5, 0.6) is 0 Å². The largest absolute Gasteiger partial charge is 0.336 e. The predicted molar refractivity (Wildman–Crippen MR) is 72.8 cm³/mol. The van der Waals surface area contributed by atoms with E-state index in [1.807, 2.05) is 30.8 Å². The van der Waals surface area contributed by atoms with E-state index in [4.69, 9.17) is 0 Å². The first-order valence-corrected chi connectivity index (χ1v) is 6.59. The summed E-state index contributed by atoms with van der Waals surface area (Å²) in [6.45, 7) is 2.73. The Hall–Kier alpha value is -1.20. The molecule has 1 N–H and O–H groups in total. The summed E-state index contributed by atoms with van der Waals surface area (Å²) in [5.41, 5.74) is 0.591. The number of benzene rings is 1. The van der Waals surface area contributed by atoms with E-state index in [2.05, 4.69) is 26.2 Å². The van der Waals surface area contributed by atoms with Gasteiger partial charge in [-0.2, -0.15) is 0 Å². The monoisotopic (exact) mass is 311 g/mol. The lowest BCUT2D eigenvalue weighted by molar-refractivity contribution is 0.530. The third kappa shape index (κ3) is 2.47. The highest BCUT2D eigenvalue weighted by atomic mass is 79.9. The molecule has 1 heterocycles. The summed E-state index contributed by atoms with van der Waals surface area (Å²) in [7, 11) is 1.90. The maximum absolute atomic E-state index is 14.0. The number of nitrogens with one attached hydrogen (secondary N) is 1. The molecular weight excluding hydrogens is 297 g/mol. The lowest BCUT2D eigenvalue weighted by Gasteiger charge is -2.20. The maximum Gasteiger partial charge on any atom is 0.130 e. The van der Waals surface area contributed by atoms with E-state index in [1.165, 1.54) is 6.07 Å². The molecule has 0 saturated carbocycles. The van der Waals surface area contributed by atoms with Crippen molar-refractivity contribution in [3.8, 4) is 0 Å². The molecule has 3 nitrogen and oxygen atoms in total. The van der Waals surface area contributed by atoms with Gasteiger partial charge in [-0.25, -0.2) is 9.37 Å². The second-order valence-corrected chi connectivity index (χ2v) is 4.88. The third-order valence-corrected chi connectivity index (χ3v) is 3.50. The molecule has 0 aliphatic rings. The lowest BCUT2D eigenvalue weighted by atomic mass is 10.1. The van der Waals surface area contributed by atoms with Gasteiger partial charge in [0.1, 0.15) is 11.6 Å². The first kappa shape index (κ1) is 13.2. The van der Waals surface area contributed by atoms with Crippen molar-refractivity contribution in [2.24, 2.45) is 7.05 Å². The van der Waals surface area contributed by atoms with Crippen molar-refractivity contribution in [2.45, 2.75) is 13.0 Å². The molecule has 1 aromatic heterocycles. The second kappa shape index (κ2) is 5.63. The average molecular weight is 312 g/mol. The fraction of sp³-hybridized carbons (Fsp3) is 0.308. The zero-order valence-electron chi connectivity index (χ0n) is 10.3. The molecule has 18 heavy (non-hydrogen) atoms. The number of aromatic nitrogens is 2. The molecule has 0 bridgehead atoms. The van der Waals surface area contributed by atoms with E-state index in [0.717, 1.165) is 16.8 Å². The zero-order valence-corrected chi connectivity index (χ0v) is 11.9. The smallest absolute Gasteiger partial charge is 0.130 e. The summed E-state index contributed by atoms with van der Waals surface area (Å²) in [6.07, 6.45) is 3.57. The molecule has 0 amide bonds. The Labute approximate surface area is 114 Å². The van der Waals surface area contributed by atoms with Crippen LogP contribution in [0.4, 0.5) is 4.39 Å². The van der Waals surface area contributed by atoms with Crippen molar-refractivity contribution in [3.05, 3.63) is 52.3 Å². The number of hydrogen-bond donors (Lipinski definition) is 1. The fourth-order valence-electron chi connectivity index (χ4n) is 1.97. The van der Waals surface area contributed by atoms with Crippen LogP contribution in [-0.4, -0.2) is 16.1 Å². The van der Waals surface area contributed by atoms with Crippen LogP contribution in [0.2, 0.25) is 0 Å². The van der Waals surface area contributed by atoms with Crippen molar-refractivity contribution in [2.75, 3.05) is 6.54 Å². The SMILES string of the molecule is CCNC(c1c(F)cccc1Br)c1nccn1C. The van der Waals surface area contributed by atoms with Gasteiger partial charge in [0.25, 0.3) is 0 Å². The van der Waals surface area contributed by atoms with Gasteiger partial charge in [-0.3, -0.25) is 0 Å². The molecule has 0 radical (unpaired) electrons. The Morgan fingerprint density at radius 3 is 2.83 bits per heavy atom. The highest BCUT2D eigenvalue weighted by Crippen LogP contribution is 2.29. The number of imidazole rings is 1. The van der Waals surface area contributed by atoms with Crippen LogP contribution in [0.25, 0.3) is 0 Å². The molecule has 2 rings (SSSR count). The first-order chi connectivity index (χ1) is 8.65. The van der Waals surface area contributed by atoms with Crippen LogP contribution in [0.3, 0.4) is 0 Å². The highest BCUT2D eigenvalue weighted by molar-refractivity contribution is 9.10. The van der Waals surface area contributed by atoms with Crippen LogP contribution < -0.4 is 5.32 Å². The number of hydrogen-bond acceptors (Lipinski definition) is 2. The van der Waals surface area contributed by atoms with Crippen LogP contribution in [0.15, 0.2) is 35.1 Å². The first-order valence-electron chi connectivity index (χ1n) is 5.79. The summed E-state index contributed by atoms with van der Waals surface area (Å²) in [5, 5.41) is 3.27. The van der Waals surface area contributed by atoms with Gasteiger partial charge in [0.2, 0.25) is 0 Å². The van der Waals surface area contributed by atoms with Gasteiger partial charge in [-0.05, 0) is 18.7 Å². The quantitative estimate of drug-likeness (QED) is 0.940. The normalized spacial score (nSPS) is 12.7. The maximum atomic E-state index is 14.0. The molecule has 1 atom stereocenters. The van der Waals surface area contributed by atoms with Crippen LogP contribution in [0, 0.1) is 5.82 Å². The van der Waals surface area contributed by atoms with E-state index in [0.29, 0.717) is 5.56 Å². The Morgan fingerprint density at radius 1 is 1.50 bits per heavy atom. The lowest BCUT2D eigenvalue weighted by Crippen LogP contribution is -2.26. The summed E-state index contributed by atoms with van der Waals surface area (Å²) < 4.78 is 16.7. The summed E-state index contributed by atoms with van der Waals surface area (Å²) >= 11 is 3.41. The van der Waals surface area contributed by atoms with Crippen LogP contribution in [-0.2, 0) is 7.05 Å². The number of rotatable bonds is 4. The summed E-state index contributed by atoms with van der Waals surface area (Å²) in [4.78, 5) is 4.31. The van der Waals surface area contributed by atoms with Gasteiger partial charge in [-0.1, -0.05) is 28.9 Å². The zero-order chi connectivity index (χ0) is 13.1. The Morgan fingerprint density at radius 2 is 2.28 bits per heavy atom. The van der Waals surface area contributed by atoms with Crippen LogP contribution in [0.1, 0.15) is 24.4 Å². The second-order valence-electron chi connectivity index (χ2n) is 4.02. The van der Waals surface area contributed by atoms with Gasteiger partial charge in [0.15, 0.2) is 0 Å². The Balaban J connectivity index is 2.52. The fourth-order valence-corrected chi connectivity index (χ4v) is 2.54. The third-order valence-electron chi connectivity index (χ3n) is 2.81. The van der Waals surface area contributed by atoms with E-state index in [1.54, 1.807) is 12.3 Å². The van der Waals surface area contributed by atoms with Gasteiger partial charge in [0.05, 0.1) is 6.04 Å². The average Bonchev–Trinajstić information content (AvgIpc) is 2.74. The molecule has 0 aliphatic carbocycles. The number of nitrogens with zero attached hydrogens (tertiary/aromatic N) is 2. The topological polar surface area (TPSA) is 29.9 Å². The molecule has 1 aromatic carbocycles. The van der Waals surface area contributed by atoms with Crippen molar-refractivity contribution in [1.29, 1.82) is 0 Å². The minimum atomic E-state index is -0.259. The van der Waals surface area contributed by atoms with Crippen molar-refractivity contribution in [1.82, 2.24) is 14.9 Å². The predicted octanol–water partition coefficient (Wildman–Crippen LogP) is 3.02. The molecule has 1 unspecified atom stereocenters. The Bertz CT molecular complexity index is 519. The summed E-state index contributed by atoms with van der Waals surface area (Å²) in [5.74, 6) is 0.556.